The molecule has 1 aromatic heterocycles. The lowest BCUT2D eigenvalue weighted by Gasteiger charge is -2.07. The van der Waals surface area contributed by atoms with Crippen LogP contribution < -0.4 is 14.8 Å². The van der Waals surface area contributed by atoms with Gasteiger partial charge in [0.15, 0.2) is 0 Å². The fraction of sp³-hybridized carbons (Fsp3) is 0.500. The molecule has 2 N–H and O–H groups in total. The summed E-state index contributed by atoms with van der Waals surface area (Å²) in [5.74, 6) is 1.13. The molecule has 0 radical (unpaired) electrons. The Balaban J connectivity index is 2.49. The maximum atomic E-state index is 11.2. The summed E-state index contributed by atoms with van der Waals surface area (Å²) in [4.78, 5) is 4.16. The molecule has 0 fully saturated rings. The van der Waals surface area contributed by atoms with E-state index in [0.29, 0.717) is 24.8 Å². The van der Waals surface area contributed by atoms with Gasteiger partial charge in [0.2, 0.25) is 15.9 Å². The zero-order chi connectivity index (χ0) is 12.7. The predicted molar refractivity (Wildman–Crippen MR) is 66.7 cm³/mol. The van der Waals surface area contributed by atoms with Gasteiger partial charge in [0.05, 0.1) is 12.4 Å². The summed E-state index contributed by atoms with van der Waals surface area (Å²) >= 11 is 0. The Kier molecular flexibility index (Phi) is 5.17. The van der Waals surface area contributed by atoms with E-state index in [2.05, 4.69) is 15.0 Å². The Labute approximate surface area is 101 Å². The van der Waals surface area contributed by atoms with Crippen molar-refractivity contribution < 1.29 is 13.2 Å². The molecule has 1 heterocycles. The number of nitrogens with zero attached hydrogens (tertiary/aromatic N) is 1. The number of aromatic nitrogens is 1. The van der Waals surface area contributed by atoms with Gasteiger partial charge in [-0.15, -0.1) is 0 Å². The molecule has 1 aromatic rings. The number of sulfonamides is 1. The van der Waals surface area contributed by atoms with Gasteiger partial charge in [-0.2, -0.15) is 4.98 Å². The number of ether oxygens (including phenoxy) is 1. The Morgan fingerprint density at radius 2 is 2.18 bits per heavy atom. The van der Waals surface area contributed by atoms with Gasteiger partial charge in [-0.3, -0.25) is 0 Å². The molecule has 0 aliphatic heterocycles. The maximum absolute atomic E-state index is 11.2. The van der Waals surface area contributed by atoms with Crippen molar-refractivity contribution in [3.8, 4) is 5.88 Å². The molecular formula is C10H17N3O3S. The van der Waals surface area contributed by atoms with Crippen molar-refractivity contribution in [2.45, 2.75) is 6.92 Å². The SMILES string of the molecule is CCOc1cccc(NCCS(=O)(=O)NC)n1. The lowest BCUT2D eigenvalue weighted by Crippen LogP contribution is -2.26. The Morgan fingerprint density at radius 3 is 2.82 bits per heavy atom. The molecule has 0 aliphatic rings. The van der Waals surface area contributed by atoms with Crippen molar-refractivity contribution in [3.63, 3.8) is 0 Å². The molecule has 0 aromatic carbocycles. The Morgan fingerprint density at radius 1 is 1.41 bits per heavy atom. The first-order valence-electron chi connectivity index (χ1n) is 5.32. The summed E-state index contributed by atoms with van der Waals surface area (Å²) in [6.07, 6.45) is 0. The van der Waals surface area contributed by atoms with Gasteiger partial charge in [0.25, 0.3) is 0 Å². The van der Waals surface area contributed by atoms with E-state index in [1.807, 2.05) is 6.92 Å². The molecule has 0 saturated heterocycles. The lowest BCUT2D eigenvalue weighted by molar-refractivity contribution is 0.327. The maximum Gasteiger partial charge on any atom is 0.215 e. The molecular weight excluding hydrogens is 242 g/mol. The Hall–Kier alpha value is -1.34. The quantitative estimate of drug-likeness (QED) is 0.742. The first kappa shape index (κ1) is 13.7. The van der Waals surface area contributed by atoms with Crippen LogP contribution in [0.25, 0.3) is 0 Å². The van der Waals surface area contributed by atoms with E-state index in [0.717, 1.165) is 0 Å². The van der Waals surface area contributed by atoms with E-state index in [1.165, 1.54) is 7.05 Å². The third-order valence-corrected chi connectivity index (χ3v) is 3.37. The van der Waals surface area contributed by atoms with E-state index in [1.54, 1.807) is 18.2 Å². The molecule has 0 spiro atoms. The monoisotopic (exact) mass is 259 g/mol. The van der Waals surface area contributed by atoms with Gasteiger partial charge in [-0.1, -0.05) is 6.07 Å². The third-order valence-electron chi connectivity index (χ3n) is 2.00. The third kappa shape index (κ3) is 5.01. The van der Waals surface area contributed by atoms with E-state index in [4.69, 9.17) is 4.74 Å². The van der Waals surface area contributed by atoms with Crippen LogP contribution in [0, 0.1) is 0 Å². The average molecular weight is 259 g/mol. The van der Waals surface area contributed by atoms with Crippen LogP contribution in [0.4, 0.5) is 5.82 Å². The fourth-order valence-electron chi connectivity index (χ4n) is 1.16. The van der Waals surface area contributed by atoms with Crippen molar-refractivity contribution >= 4 is 15.8 Å². The first-order valence-corrected chi connectivity index (χ1v) is 6.97. The van der Waals surface area contributed by atoms with Crippen molar-refractivity contribution in [2.24, 2.45) is 0 Å². The van der Waals surface area contributed by atoms with E-state index in [9.17, 15) is 8.42 Å². The first-order chi connectivity index (χ1) is 8.07. The highest BCUT2D eigenvalue weighted by molar-refractivity contribution is 7.89. The second kappa shape index (κ2) is 6.41. The van der Waals surface area contributed by atoms with Crippen molar-refractivity contribution in [1.82, 2.24) is 9.71 Å². The van der Waals surface area contributed by atoms with Crippen molar-refractivity contribution in [3.05, 3.63) is 18.2 Å². The van der Waals surface area contributed by atoms with Crippen LogP contribution in [0.3, 0.4) is 0 Å². The minimum atomic E-state index is -3.18. The van der Waals surface area contributed by atoms with Crippen LogP contribution in [0.5, 0.6) is 5.88 Å². The number of hydrogen-bond acceptors (Lipinski definition) is 5. The molecule has 0 saturated carbocycles. The fourth-order valence-corrected chi connectivity index (χ4v) is 1.73. The van der Waals surface area contributed by atoms with E-state index < -0.39 is 10.0 Å². The summed E-state index contributed by atoms with van der Waals surface area (Å²) in [5, 5.41) is 2.92. The highest BCUT2D eigenvalue weighted by Gasteiger charge is 2.06. The van der Waals surface area contributed by atoms with Crippen LogP contribution in [-0.2, 0) is 10.0 Å². The molecule has 1 rings (SSSR count). The normalized spacial score (nSPS) is 11.2. The summed E-state index contributed by atoms with van der Waals surface area (Å²) in [6, 6.07) is 5.31. The highest BCUT2D eigenvalue weighted by atomic mass is 32.2. The summed E-state index contributed by atoms with van der Waals surface area (Å²) in [5.41, 5.74) is 0. The molecule has 0 atom stereocenters. The van der Waals surface area contributed by atoms with Crippen LogP contribution in [0.15, 0.2) is 18.2 Å². The van der Waals surface area contributed by atoms with E-state index in [-0.39, 0.29) is 5.75 Å². The number of rotatable bonds is 7. The lowest BCUT2D eigenvalue weighted by atomic mass is 10.4. The van der Waals surface area contributed by atoms with Gasteiger partial charge in [-0.25, -0.2) is 13.1 Å². The van der Waals surface area contributed by atoms with Crippen LogP contribution >= 0.6 is 0 Å². The summed E-state index contributed by atoms with van der Waals surface area (Å²) in [7, 11) is -1.79. The molecule has 7 heteroatoms. The number of pyridine rings is 1. The molecule has 0 aliphatic carbocycles. The van der Waals surface area contributed by atoms with Crippen LogP contribution in [0.1, 0.15) is 6.92 Å². The van der Waals surface area contributed by atoms with Crippen LogP contribution in [0.2, 0.25) is 0 Å². The largest absolute Gasteiger partial charge is 0.478 e. The highest BCUT2D eigenvalue weighted by Crippen LogP contribution is 2.10. The summed E-state index contributed by atoms with van der Waals surface area (Å²) < 4.78 is 29.8. The molecule has 0 amide bonds. The van der Waals surface area contributed by atoms with Gasteiger partial charge >= 0.3 is 0 Å². The summed E-state index contributed by atoms with van der Waals surface area (Å²) in [6.45, 7) is 2.72. The van der Waals surface area contributed by atoms with Gasteiger partial charge in [0.1, 0.15) is 5.82 Å². The zero-order valence-electron chi connectivity index (χ0n) is 9.93. The van der Waals surface area contributed by atoms with Gasteiger partial charge in [-0.05, 0) is 20.0 Å². The Bertz CT molecular complexity index is 448. The van der Waals surface area contributed by atoms with E-state index >= 15 is 0 Å². The topological polar surface area (TPSA) is 80.3 Å². The molecule has 0 bridgehead atoms. The van der Waals surface area contributed by atoms with Gasteiger partial charge < -0.3 is 10.1 Å². The smallest absolute Gasteiger partial charge is 0.215 e. The molecule has 0 unspecified atom stereocenters. The number of hydrogen-bond donors (Lipinski definition) is 2. The standard InChI is InChI=1S/C10H17N3O3S/c1-3-16-10-6-4-5-9(13-10)12-7-8-17(14,15)11-2/h4-6,11H,3,7-8H2,1-2H3,(H,12,13). The van der Waals surface area contributed by atoms with Crippen LogP contribution in [-0.4, -0.2) is 39.4 Å². The number of nitrogens with one attached hydrogen (secondary N) is 2. The minimum absolute atomic E-state index is 0.00401. The van der Waals surface area contributed by atoms with Crippen molar-refractivity contribution in [2.75, 3.05) is 31.3 Å². The second-order valence-electron chi connectivity index (χ2n) is 3.24. The minimum Gasteiger partial charge on any atom is -0.478 e. The predicted octanol–water partition coefficient (Wildman–Crippen LogP) is 0.441. The van der Waals surface area contributed by atoms with Gasteiger partial charge in [0, 0.05) is 12.6 Å². The second-order valence-corrected chi connectivity index (χ2v) is 5.29. The molecule has 96 valence electrons. The number of anilines is 1. The molecule has 17 heavy (non-hydrogen) atoms. The van der Waals surface area contributed by atoms with Crippen molar-refractivity contribution in [1.29, 1.82) is 0 Å². The average Bonchev–Trinajstić information content (AvgIpc) is 2.30. The molecule has 6 nitrogen and oxygen atoms in total. The zero-order valence-corrected chi connectivity index (χ0v) is 10.8.